The van der Waals surface area contributed by atoms with Crippen LogP contribution in [0.5, 0.6) is 11.5 Å². The van der Waals surface area contributed by atoms with E-state index in [1.54, 1.807) is 18.2 Å². The molecule has 0 aliphatic rings. The first-order chi connectivity index (χ1) is 12.1. The van der Waals surface area contributed by atoms with E-state index < -0.39 is 12.1 Å². The molecule has 0 saturated heterocycles. The molecule has 0 bridgehead atoms. The summed E-state index contributed by atoms with van der Waals surface area (Å²) in [6.45, 7) is 1.26. The van der Waals surface area contributed by atoms with Gasteiger partial charge in [-0.15, -0.1) is 0 Å². The Hall–Kier alpha value is -2.75. The second kappa shape index (κ2) is 11.7. The SMILES string of the molecule is COc1cc(/C=C/C(=O)NCCCCN)ccc1O.O=C(O)C(F)(F)F. The highest BCUT2D eigenvalue weighted by Gasteiger charge is 2.38. The summed E-state index contributed by atoms with van der Waals surface area (Å²) in [7, 11) is 1.48. The van der Waals surface area contributed by atoms with Gasteiger partial charge in [0.1, 0.15) is 0 Å². The lowest BCUT2D eigenvalue weighted by molar-refractivity contribution is -0.192. The first kappa shape index (κ1) is 23.2. The van der Waals surface area contributed by atoms with Crippen molar-refractivity contribution in [3.05, 3.63) is 29.8 Å². The third kappa shape index (κ3) is 10.2. The molecule has 0 atom stereocenters. The van der Waals surface area contributed by atoms with Gasteiger partial charge in [-0.2, -0.15) is 13.2 Å². The van der Waals surface area contributed by atoms with Crippen molar-refractivity contribution in [2.45, 2.75) is 19.0 Å². The standard InChI is InChI=1S/C14H20N2O3.C2HF3O2/c1-19-13-10-11(4-6-12(13)17)5-7-14(18)16-9-3-2-8-15;3-2(4,5)1(6)7/h4-7,10,17H,2-3,8-9,15H2,1H3,(H,16,18);(H,6,7)/b7-5+;. The molecule has 1 rings (SSSR count). The number of ether oxygens (including phenoxy) is 1. The first-order valence-corrected chi connectivity index (χ1v) is 7.45. The average molecular weight is 378 g/mol. The molecule has 0 radical (unpaired) electrons. The van der Waals surface area contributed by atoms with E-state index in [0.717, 1.165) is 18.4 Å². The van der Waals surface area contributed by atoms with Gasteiger partial charge in [-0.3, -0.25) is 4.79 Å². The maximum Gasteiger partial charge on any atom is 0.490 e. The summed E-state index contributed by atoms with van der Waals surface area (Å²) in [6.07, 6.45) is -0.184. The Balaban J connectivity index is 0.000000758. The zero-order chi connectivity index (χ0) is 20.2. The van der Waals surface area contributed by atoms with Crippen molar-refractivity contribution in [2.75, 3.05) is 20.2 Å². The van der Waals surface area contributed by atoms with Crippen molar-refractivity contribution < 1.29 is 37.7 Å². The normalized spacial score (nSPS) is 10.8. The molecule has 5 N–H and O–H groups in total. The molecule has 7 nitrogen and oxygen atoms in total. The summed E-state index contributed by atoms with van der Waals surface area (Å²) in [5.74, 6) is -2.45. The van der Waals surface area contributed by atoms with Crippen LogP contribution in [0.2, 0.25) is 0 Å². The van der Waals surface area contributed by atoms with Crippen LogP contribution in [0.3, 0.4) is 0 Å². The number of carboxylic acid groups (broad SMARTS) is 1. The molecule has 0 aromatic heterocycles. The van der Waals surface area contributed by atoms with Gasteiger partial charge < -0.3 is 26.0 Å². The second-order valence-corrected chi connectivity index (χ2v) is 4.85. The number of hydrogen-bond donors (Lipinski definition) is 4. The smallest absolute Gasteiger partial charge is 0.490 e. The molecule has 0 heterocycles. The Morgan fingerprint density at radius 3 is 2.42 bits per heavy atom. The molecule has 1 amide bonds. The van der Waals surface area contributed by atoms with Gasteiger partial charge in [0, 0.05) is 12.6 Å². The van der Waals surface area contributed by atoms with Crippen LogP contribution in [-0.4, -0.2) is 48.5 Å². The Kier molecular flexibility index (Phi) is 10.5. The van der Waals surface area contributed by atoms with Crippen molar-refractivity contribution in [3.8, 4) is 11.5 Å². The first-order valence-electron chi connectivity index (χ1n) is 7.45. The maximum atomic E-state index is 11.5. The molecule has 0 unspecified atom stereocenters. The molecular weight excluding hydrogens is 357 g/mol. The fourth-order valence-electron chi connectivity index (χ4n) is 1.51. The summed E-state index contributed by atoms with van der Waals surface area (Å²) < 4.78 is 36.7. The lowest BCUT2D eigenvalue weighted by Gasteiger charge is -2.04. The fraction of sp³-hybridized carbons (Fsp3) is 0.375. The van der Waals surface area contributed by atoms with Gasteiger partial charge in [-0.25, -0.2) is 4.79 Å². The summed E-state index contributed by atoms with van der Waals surface area (Å²) in [6, 6.07) is 4.89. The van der Waals surface area contributed by atoms with E-state index in [9.17, 15) is 23.1 Å². The minimum atomic E-state index is -5.08. The highest BCUT2D eigenvalue weighted by molar-refractivity contribution is 5.91. The third-order valence-corrected chi connectivity index (χ3v) is 2.80. The number of halogens is 3. The molecule has 1 aromatic rings. The van der Waals surface area contributed by atoms with Crippen molar-refractivity contribution in [3.63, 3.8) is 0 Å². The molecule has 0 aliphatic carbocycles. The van der Waals surface area contributed by atoms with Gasteiger partial charge in [0.2, 0.25) is 5.91 Å². The summed E-state index contributed by atoms with van der Waals surface area (Å²) >= 11 is 0. The number of carbonyl (C=O) groups is 2. The van der Waals surface area contributed by atoms with Crippen molar-refractivity contribution in [1.29, 1.82) is 0 Å². The number of carbonyl (C=O) groups excluding carboxylic acids is 1. The monoisotopic (exact) mass is 378 g/mol. The number of hydrogen-bond acceptors (Lipinski definition) is 5. The minimum Gasteiger partial charge on any atom is -0.504 e. The van der Waals surface area contributed by atoms with E-state index in [1.165, 1.54) is 19.3 Å². The maximum absolute atomic E-state index is 11.5. The van der Waals surface area contributed by atoms with Crippen LogP contribution in [0, 0.1) is 0 Å². The molecule has 0 spiro atoms. The number of phenols is 1. The number of benzene rings is 1. The van der Waals surface area contributed by atoms with E-state index in [0.29, 0.717) is 18.8 Å². The average Bonchev–Trinajstić information content (AvgIpc) is 2.57. The van der Waals surface area contributed by atoms with Gasteiger partial charge >= 0.3 is 12.1 Å². The van der Waals surface area contributed by atoms with Crippen LogP contribution >= 0.6 is 0 Å². The van der Waals surface area contributed by atoms with Crippen LogP contribution in [-0.2, 0) is 9.59 Å². The van der Waals surface area contributed by atoms with Gasteiger partial charge in [0.15, 0.2) is 11.5 Å². The Bertz CT molecular complexity index is 618. The van der Waals surface area contributed by atoms with Crippen molar-refractivity contribution in [1.82, 2.24) is 5.32 Å². The van der Waals surface area contributed by atoms with Gasteiger partial charge in [-0.1, -0.05) is 6.07 Å². The molecule has 0 fully saturated rings. The largest absolute Gasteiger partial charge is 0.504 e. The predicted molar refractivity (Wildman–Crippen MR) is 88.7 cm³/mol. The lowest BCUT2D eigenvalue weighted by Crippen LogP contribution is -2.22. The highest BCUT2D eigenvalue weighted by atomic mass is 19.4. The van der Waals surface area contributed by atoms with Gasteiger partial charge in [0.25, 0.3) is 0 Å². The molecule has 146 valence electrons. The number of unbranched alkanes of at least 4 members (excludes halogenated alkanes) is 1. The zero-order valence-electron chi connectivity index (χ0n) is 14.0. The molecule has 0 saturated carbocycles. The summed E-state index contributed by atoms with van der Waals surface area (Å²) in [4.78, 5) is 20.4. The number of aliphatic carboxylic acids is 1. The van der Waals surface area contributed by atoms with Gasteiger partial charge in [-0.05, 0) is 43.2 Å². The van der Waals surface area contributed by atoms with Crippen LogP contribution in [0.15, 0.2) is 24.3 Å². The third-order valence-electron chi connectivity index (χ3n) is 2.80. The molecule has 26 heavy (non-hydrogen) atoms. The highest BCUT2D eigenvalue weighted by Crippen LogP contribution is 2.26. The number of nitrogens with two attached hydrogens (primary N) is 1. The van der Waals surface area contributed by atoms with Gasteiger partial charge in [0.05, 0.1) is 7.11 Å². The fourth-order valence-corrected chi connectivity index (χ4v) is 1.51. The zero-order valence-corrected chi connectivity index (χ0v) is 14.0. The van der Waals surface area contributed by atoms with E-state index in [-0.39, 0.29) is 11.7 Å². The number of methoxy groups -OCH3 is 1. The van der Waals surface area contributed by atoms with Crippen molar-refractivity contribution in [2.24, 2.45) is 5.73 Å². The number of aromatic hydroxyl groups is 1. The van der Waals surface area contributed by atoms with Crippen LogP contribution in [0.4, 0.5) is 13.2 Å². The number of rotatable bonds is 7. The van der Waals surface area contributed by atoms with Crippen LogP contribution < -0.4 is 15.8 Å². The molecule has 10 heteroatoms. The Morgan fingerprint density at radius 2 is 1.92 bits per heavy atom. The van der Waals surface area contributed by atoms with E-state index in [1.807, 2.05) is 0 Å². The minimum absolute atomic E-state index is 0.0749. The van der Waals surface area contributed by atoms with Crippen LogP contribution in [0.25, 0.3) is 6.08 Å². The molecule has 0 aliphatic heterocycles. The number of amides is 1. The van der Waals surface area contributed by atoms with Crippen molar-refractivity contribution >= 4 is 18.0 Å². The van der Waals surface area contributed by atoms with Crippen LogP contribution in [0.1, 0.15) is 18.4 Å². The van der Waals surface area contributed by atoms with E-state index >= 15 is 0 Å². The lowest BCUT2D eigenvalue weighted by atomic mass is 10.2. The number of carboxylic acids is 1. The Morgan fingerprint density at radius 1 is 1.31 bits per heavy atom. The number of alkyl halides is 3. The second-order valence-electron chi connectivity index (χ2n) is 4.85. The topological polar surface area (TPSA) is 122 Å². The summed E-state index contributed by atoms with van der Waals surface area (Å²) in [5.41, 5.74) is 6.14. The Labute approximate surface area is 148 Å². The molecule has 1 aromatic carbocycles. The predicted octanol–water partition coefficient (Wildman–Crippen LogP) is 1.90. The quantitative estimate of drug-likeness (QED) is 0.425. The van der Waals surface area contributed by atoms with E-state index in [4.69, 9.17) is 20.4 Å². The molecular formula is C16H21F3N2O5. The number of nitrogens with one attached hydrogen (secondary N) is 1. The summed E-state index contributed by atoms with van der Waals surface area (Å²) in [5, 5.41) is 19.3. The number of phenolic OH excluding ortho intramolecular Hbond substituents is 1. The van der Waals surface area contributed by atoms with E-state index in [2.05, 4.69) is 5.32 Å².